The molecule has 0 aliphatic carbocycles. The van der Waals surface area contributed by atoms with E-state index in [1.54, 1.807) is 0 Å². The number of anilines is 1. The molecule has 1 aliphatic rings. The molecule has 0 amide bonds. The Morgan fingerprint density at radius 1 is 1.00 bits per heavy atom. The zero-order valence-electron chi connectivity index (χ0n) is 17.4. The van der Waals surface area contributed by atoms with Crippen LogP contribution in [0.5, 0.6) is 0 Å². The summed E-state index contributed by atoms with van der Waals surface area (Å²) < 4.78 is 2.06. The van der Waals surface area contributed by atoms with Gasteiger partial charge in [-0.25, -0.2) is 15.0 Å². The Morgan fingerprint density at radius 3 is 2.60 bits per heavy atom. The first-order valence-electron chi connectivity index (χ1n) is 10.2. The highest BCUT2D eigenvalue weighted by atomic mass is 32.2. The summed E-state index contributed by atoms with van der Waals surface area (Å²) in [6, 6.07) is 10.1. The summed E-state index contributed by atoms with van der Waals surface area (Å²) in [6.45, 7) is 9.27. The average molecular weight is 421 g/mol. The van der Waals surface area contributed by atoms with Crippen LogP contribution in [0.4, 0.5) is 5.95 Å². The van der Waals surface area contributed by atoms with Crippen LogP contribution in [0.15, 0.2) is 40.5 Å². The molecule has 0 N–H and O–H groups in total. The lowest BCUT2D eigenvalue weighted by Crippen LogP contribution is -2.46. The van der Waals surface area contributed by atoms with E-state index in [4.69, 9.17) is 9.97 Å². The van der Waals surface area contributed by atoms with Gasteiger partial charge < -0.3 is 14.4 Å². The van der Waals surface area contributed by atoms with Crippen molar-refractivity contribution in [3.63, 3.8) is 0 Å². The standard InChI is InChI=1S/C21H24N8S/c1-4-28-9-11-29(12-10-28)20-22-14(2)13-17(23-20)30-21-24-19-18(25-26-21)15-7-5-6-8-16(15)27(19)3/h5-8,13H,4,9-12H2,1-3H3. The molecule has 5 rings (SSSR count). The zero-order chi connectivity index (χ0) is 20.7. The Morgan fingerprint density at radius 2 is 1.80 bits per heavy atom. The van der Waals surface area contributed by atoms with Gasteiger partial charge in [-0.1, -0.05) is 25.1 Å². The van der Waals surface area contributed by atoms with Crippen molar-refractivity contribution in [2.24, 2.45) is 7.05 Å². The average Bonchev–Trinajstić information content (AvgIpc) is 3.05. The van der Waals surface area contributed by atoms with Crippen LogP contribution in [0.3, 0.4) is 0 Å². The molecule has 154 valence electrons. The molecule has 8 nitrogen and oxygen atoms in total. The van der Waals surface area contributed by atoms with Gasteiger partial charge in [-0.2, -0.15) is 0 Å². The number of para-hydroxylation sites is 1. The van der Waals surface area contributed by atoms with Gasteiger partial charge in [-0.05, 0) is 37.4 Å². The summed E-state index contributed by atoms with van der Waals surface area (Å²) in [6.07, 6.45) is 0. The number of likely N-dealkylation sites (N-methyl/N-ethyl adjacent to an activating group) is 1. The molecular weight excluding hydrogens is 396 g/mol. The fourth-order valence-corrected chi connectivity index (χ4v) is 4.67. The van der Waals surface area contributed by atoms with Crippen LogP contribution in [0.25, 0.3) is 22.1 Å². The zero-order valence-corrected chi connectivity index (χ0v) is 18.2. The quantitative estimate of drug-likeness (QED) is 0.467. The maximum absolute atomic E-state index is 4.79. The van der Waals surface area contributed by atoms with Gasteiger partial charge >= 0.3 is 0 Å². The number of rotatable bonds is 4. The fraction of sp³-hybridized carbons (Fsp3) is 0.381. The van der Waals surface area contributed by atoms with Gasteiger partial charge in [0.25, 0.3) is 0 Å². The van der Waals surface area contributed by atoms with Gasteiger partial charge in [-0.15, -0.1) is 10.2 Å². The van der Waals surface area contributed by atoms with Gasteiger partial charge in [-0.3, -0.25) is 0 Å². The third kappa shape index (κ3) is 3.48. The van der Waals surface area contributed by atoms with Crippen LogP contribution < -0.4 is 4.90 Å². The van der Waals surface area contributed by atoms with E-state index in [-0.39, 0.29) is 0 Å². The van der Waals surface area contributed by atoms with Crippen molar-refractivity contribution < 1.29 is 0 Å². The molecule has 9 heteroatoms. The van der Waals surface area contributed by atoms with Crippen molar-refractivity contribution in [1.29, 1.82) is 0 Å². The van der Waals surface area contributed by atoms with Crippen LogP contribution in [0.1, 0.15) is 12.6 Å². The second-order valence-electron chi connectivity index (χ2n) is 7.51. The van der Waals surface area contributed by atoms with Crippen LogP contribution in [-0.2, 0) is 7.05 Å². The molecule has 0 saturated carbocycles. The molecule has 0 spiro atoms. The van der Waals surface area contributed by atoms with E-state index in [2.05, 4.69) is 48.6 Å². The lowest BCUT2D eigenvalue weighted by molar-refractivity contribution is 0.269. The Labute approximate surface area is 179 Å². The minimum Gasteiger partial charge on any atom is -0.338 e. The summed E-state index contributed by atoms with van der Waals surface area (Å²) in [5.74, 6) is 0.784. The number of hydrogen-bond acceptors (Lipinski definition) is 8. The van der Waals surface area contributed by atoms with Crippen LogP contribution in [-0.4, -0.2) is 67.3 Å². The lowest BCUT2D eigenvalue weighted by atomic mass is 10.2. The molecule has 4 aromatic rings. The molecule has 3 aromatic heterocycles. The molecule has 0 radical (unpaired) electrons. The summed E-state index contributed by atoms with van der Waals surface area (Å²) in [4.78, 5) is 18.9. The number of aryl methyl sites for hydroxylation is 2. The first-order chi connectivity index (χ1) is 14.6. The van der Waals surface area contributed by atoms with Crippen molar-refractivity contribution in [2.75, 3.05) is 37.6 Å². The second kappa shape index (κ2) is 7.81. The molecule has 1 aromatic carbocycles. The summed E-state index contributed by atoms with van der Waals surface area (Å²) in [5, 5.41) is 11.3. The fourth-order valence-electron chi connectivity index (χ4n) is 3.91. The highest BCUT2D eigenvalue weighted by Crippen LogP contribution is 2.29. The van der Waals surface area contributed by atoms with E-state index in [1.807, 2.05) is 32.2 Å². The Kier molecular flexibility index (Phi) is 5.00. The molecule has 4 heterocycles. The van der Waals surface area contributed by atoms with Gasteiger partial charge in [0, 0.05) is 44.3 Å². The SMILES string of the molecule is CCN1CCN(c2nc(C)cc(Sc3nnc4c5ccccc5n(C)c4n3)n2)CC1. The maximum atomic E-state index is 4.79. The van der Waals surface area contributed by atoms with Crippen molar-refractivity contribution in [2.45, 2.75) is 24.0 Å². The summed E-state index contributed by atoms with van der Waals surface area (Å²) >= 11 is 1.43. The third-order valence-electron chi connectivity index (χ3n) is 5.60. The van der Waals surface area contributed by atoms with Gasteiger partial charge in [0.2, 0.25) is 11.1 Å². The van der Waals surface area contributed by atoms with Crippen LogP contribution >= 0.6 is 11.8 Å². The lowest BCUT2D eigenvalue weighted by Gasteiger charge is -2.34. The van der Waals surface area contributed by atoms with E-state index in [9.17, 15) is 0 Å². The summed E-state index contributed by atoms with van der Waals surface area (Å²) in [7, 11) is 2.01. The second-order valence-corrected chi connectivity index (χ2v) is 8.50. The minimum atomic E-state index is 0.591. The van der Waals surface area contributed by atoms with E-state index in [1.165, 1.54) is 11.8 Å². The predicted molar refractivity (Wildman–Crippen MR) is 119 cm³/mol. The molecule has 1 saturated heterocycles. The molecule has 0 atom stereocenters. The summed E-state index contributed by atoms with van der Waals surface area (Å²) in [5.41, 5.74) is 3.70. The minimum absolute atomic E-state index is 0.591. The van der Waals surface area contributed by atoms with Crippen molar-refractivity contribution in [3.05, 3.63) is 36.0 Å². The highest BCUT2D eigenvalue weighted by Gasteiger charge is 2.19. The number of benzene rings is 1. The molecule has 1 fully saturated rings. The molecule has 30 heavy (non-hydrogen) atoms. The number of aromatic nitrogens is 6. The maximum Gasteiger partial charge on any atom is 0.226 e. The Balaban J connectivity index is 1.44. The number of nitrogens with zero attached hydrogens (tertiary/aromatic N) is 8. The van der Waals surface area contributed by atoms with Crippen molar-refractivity contribution in [3.8, 4) is 0 Å². The van der Waals surface area contributed by atoms with Gasteiger partial charge in [0.05, 0.1) is 5.52 Å². The molecule has 1 aliphatic heterocycles. The highest BCUT2D eigenvalue weighted by molar-refractivity contribution is 7.99. The molecular formula is C21H24N8S. The predicted octanol–water partition coefficient (Wildman–Crippen LogP) is 2.91. The third-order valence-corrected chi connectivity index (χ3v) is 6.38. The van der Waals surface area contributed by atoms with E-state index >= 15 is 0 Å². The molecule has 0 unspecified atom stereocenters. The van der Waals surface area contributed by atoms with Crippen molar-refractivity contribution >= 4 is 39.8 Å². The number of fused-ring (bicyclic) bond motifs is 3. The van der Waals surface area contributed by atoms with E-state index in [0.29, 0.717) is 5.16 Å². The normalized spacial score (nSPS) is 15.4. The Hall–Kier alpha value is -2.78. The first kappa shape index (κ1) is 19.2. The topological polar surface area (TPSA) is 75.9 Å². The van der Waals surface area contributed by atoms with Crippen LogP contribution in [0, 0.1) is 6.92 Å². The molecule has 0 bridgehead atoms. The van der Waals surface area contributed by atoms with E-state index < -0.39 is 0 Å². The number of piperazine rings is 1. The number of hydrogen-bond donors (Lipinski definition) is 0. The Bertz CT molecular complexity index is 1210. The first-order valence-corrected chi connectivity index (χ1v) is 11.0. The van der Waals surface area contributed by atoms with Crippen LogP contribution in [0.2, 0.25) is 0 Å². The van der Waals surface area contributed by atoms with E-state index in [0.717, 1.165) is 71.5 Å². The van der Waals surface area contributed by atoms with Gasteiger partial charge in [0.15, 0.2) is 5.65 Å². The van der Waals surface area contributed by atoms with Crippen molar-refractivity contribution in [1.82, 2.24) is 34.6 Å². The largest absolute Gasteiger partial charge is 0.338 e. The van der Waals surface area contributed by atoms with Gasteiger partial charge in [0.1, 0.15) is 10.5 Å². The monoisotopic (exact) mass is 420 g/mol. The smallest absolute Gasteiger partial charge is 0.226 e.